The Morgan fingerprint density at radius 2 is 1.85 bits per heavy atom. The lowest BCUT2D eigenvalue weighted by molar-refractivity contribution is -0.147. The SMILES string of the molecule is CC(CN1CCCC1)NC(=O)C1CC=CCC1C(=O)O. The van der Waals surface area contributed by atoms with Gasteiger partial charge >= 0.3 is 5.97 Å². The van der Waals surface area contributed by atoms with Gasteiger partial charge in [0.05, 0.1) is 11.8 Å². The molecule has 112 valence electrons. The highest BCUT2D eigenvalue weighted by atomic mass is 16.4. The van der Waals surface area contributed by atoms with Gasteiger partial charge in [0, 0.05) is 12.6 Å². The summed E-state index contributed by atoms with van der Waals surface area (Å²) in [5.74, 6) is -2.01. The minimum Gasteiger partial charge on any atom is -0.481 e. The van der Waals surface area contributed by atoms with Crippen molar-refractivity contribution in [1.29, 1.82) is 0 Å². The van der Waals surface area contributed by atoms with Crippen molar-refractivity contribution in [2.24, 2.45) is 11.8 Å². The Kier molecular flexibility index (Phi) is 5.17. The Morgan fingerprint density at radius 1 is 1.25 bits per heavy atom. The first-order chi connectivity index (χ1) is 9.58. The van der Waals surface area contributed by atoms with Gasteiger partial charge in [0.2, 0.25) is 5.91 Å². The molecule has 2 N–H and O–H groups in total. The summed E-state index contributed by atoms with van der Waals surface area (Å²) < 4.78 is 0. The Labute approximate surface area is 120 Å². The molecule has 2 aliphatic rings. The third-order valence-corrected chi connectivity index (χ3v) is 4.21. The molecule has 0 aromatic heterocycles. The average Bonchev–Trinajstić information content (AvgIpc) is 2.91. The number of allylic oxidation sites excluding steroid dienone is 2. The number of likely N-dealkylation sites (tertiary alicyclic amines) is 1. The van der Waals surface area contributed by atoms with E-state index in [0.717, 1.165) is 19.6 Å². The molecule has 0 radical (unpaired) electrons. The summed E-state index contributed by atoms with van der Waals surface area (Å²) in [5.41, 5.74) is 0. The number of carboxylic acid groups (broad SMARTS) is 1. The average molecular weight is 280 g/mol. The molecule has 20 heavy (non-hydrogen) atoms. The number of nitrogens with one attached hydrogen (secondary N) is 1. The zero-order chi connectivity index (χ0) is 14.5. The van der Waals surface area contributed by atoms with Gasteiger partial charge in [-0.25, -0.2) is 0 Å². The second-order valence-electron chi connectivity index (χ2n) is 5.91. The third-order valence-electron chi connectivity index (χ3n) is 4.21. The van der Waals surface area contributed by atoms with Crippen LogP contribution in [0.4, 0.5) is 0 Å². The van der Waals surface area contributed by atoms with E-state index < -0.39 is 17.8 Å². The van der Waals surface area contributed by atoms with E-state index >= 15 is 0 Å². The van der Waals surface area contributed by atoms with Gasteiger partial charge in [0.25, 0.3) is 0 Å². The molecule has 2 rings (SSSR count). The molecule has 3 unspecified atom stereocenters. The van der Waals surface area contributed by atoms with Crippen LogP contribution in [0.15, 0.2) is 12.2 Å². The van der Waals surface area contributed by atoms with Gasteiger partial charge in [-0.2, -0.15) is 0 Å². The van der Waals surface area contributed by atoms with Crippen molar-refractivity contribution in [1.82, 2.24) is 10.2 Å². The highest BCUT2D eigenvalue weighted by molar-refractivity contribution is 5.85. The lowest BCUT2D eigenvalue weighted by atomic mass is 9.82. The van der Waals surface area contributed by atoms with E-state index in [9.17, 15) is 14.7 Å². The van der Waals surface area contributed by atoms with E-state index in [-0.39, 0.29) is 11.9 Å². The van der Waals surface area contributed by atoms with E-state index in [1.807, 2.05) is 19.1 Å². The van der Waals surface area contributed by atoms with Crippen LogP contribution in [-0.2, 0) is 9.59 Å². The maximum Gasteiger partial charge on any atom is 0.307 e. The predicted molar refractivity (Wildman–Crippen MR) is 76.3 cm³/mol. The maximum atomic E-state index is 12.3. The standard InChI is InChI=1S/C15H24N2O3/c1-11(10-17-8-4-5-9-17)16-14(18)12-6-2-3-7-13(12)15(19)20/h2-3,11-13H,4-10H2,1H3,(H,16,18)(H,19,20). The lowest BCUT2D eigenvalue weighted by Crippen LogP contribution is -2.46. The number of amides is 1. The molecule has 5 heteroatoms. The monoisotopic (exact) mass is 280 g/mol. The minimum absolute atomic E-state index is 0.0703. The van der Waals surface area contributed by atoms with Crippen molar-refractivity contribution in [3.05, 3.63) is 12.2 Å². The summed E-state index contributed by atoms with van der Waals surface area (Å²) in [6, 6.07) is 0.0703. The van der Waals surface area contributed by atoms with Gasteiger partial charge in [-0.3, -0.25) is 9.59 Å². The summed E-state index contributed by atoms with van der Waals surface area (Å²) in [4.78, 5) is 25.8. The number of rotatable bonds is 5. The number of aliphatic carboxylic acids is 1. The molecule has 1 aliphatic heterocycles. The normalized spacial score (nSPS) is 28.2. The zero-order valence-corrected chi connectivity index (χ0v) is 12.0. The smallest absolute Gasteiger partial charge is 0.307 e. The van der Waals surface area contributed by atoms with Crippen LogP contribution in [0.3, 0.4) is 0 Å². The van der Waals surface area contributed by atoms with E-state index in [1.165, 1.54) is 12.8 Å². The molecular weight excluding hydrogens is 256 g/mol. The minimum atomic E-state index is -0.873. The van der Waals surface area contributed by atoms with Crippen LogP contribution in [0.1, 0.15) is 32.6 Å². The van der Waals surface area contributed by atoms with Crippen molar-refractivity contribution >= 4 is 11.9 Å². The molecule has 1 aliphatic carbocycles. The van der Waals surface area contributed by atoms with E-state index in [1.54, 1.807) is 0 Å². The quantitative estimate of drug-likeness (QED) is 0.744. The highest BCUT2D eigenvalue weighted by Crippen LogP contribution is 2.26. The lowest BCUT2D eigenvalue weighted by Gasteiger charge is -2.27. The van der Waals surface area contributed by atoms with Crippen molar-refractivity contribution in [2.45, 2.75) is 38.6 Å². The molecule has 1 amide bonds. The zero-order valence-electron chi connectivity index (χ0n) is 12.0. The molecule has 0 saturated carbocycles. The van der Waals surface area contributed by atoms with Crippen LogP contribution < -0.4 is 5.32 Å². The second-order valence-corrected chi connectivity index (χ2v) is 5.91. The summed E-state index contributed by atoms with van der Waals surface area (Å²) in [5, 5.41) is 12.2. The second kappa shape index (κ2) is 6.88. The molecule has 0 spiro atoms. The van der Waals surface area contributed by atoms with Crippen molar-refractivity contribution in [2.75, 3.05) is 19.6 Å². The molecule has 0 aromatic carbocycles. The van der Waals surface area contributed by atoms with E-state index in [0.29, 0.717) is 12.8 Å². The first-order valence-corrected chi connectivity index (χ1v) is 7.48. The van der Waals surface area contributed by atoms with Crippen molar-refractivity contribution in [3.8, 4) is 0 Å². The molecule has 5 nitrogen and oxygen atoms in total. The molecule has 0 bridgehead atoms. The maximum absolute atomic E-state index is 12.3. The van der Waals surface area contributed by atoms with Gasteiger partial charge in [-0.05, 0) is 45.7 Å². The molecule has 1 saturated heterocycles. The Morgan fingerprint density at radius 3 is 2.45 bits per heavy atom. The first kappa shape index (κ1) is 15.0. The summed E-state index contributed by atoms with van der Waals surface area (Å²) in [6.45, 7) is 5.05. The van der Waals surface area contributed by atoms with Crippen molar-refractivity contribution in [3.63, 3.8) is 0 Å². The number of carboxylic acids is 1. The summed E-state index contributed by atoms with van der Waals surface area (Å²) >= 11 is 0. The molecule has 1 heterocycles. The van der Waals surface area contributed by atoms with Crippen molar-refractivity contribution < 1.29 is 14.7 Å². The first-order valence-electron chi connectivity index (χ1n) is 7.48. The molecule has 3 atom stereocenters. The Hall–Kier alpha value is -1.36. The van der Waals surface area contributed by atoms with Gasteiger partial charge in [-0.1, -0.05) is 12.2 Å². The van der Waals surface area contributed by atoms with Crippen LogP contribution in [0.25, 0.3) is 0 Å². The fraction of sp³-hybridized carbons (Fsp3) is 0.733. The number of hydrogen-bond acceptors (Lipinski definition) is 3. The summed E-state index contributed by atoms with van der Waals surface area (Å²) in [6.07, 6.45) is 7.21. The fourth-order valence-electron chi connectivity index (χ4n) is 3.12. The Balaban J connectivity index is 1.86. The van der Waals surface area contributed by atoms with E-state index in [2.05, 4.69) is 10.2 Å². The van der Waals surface area contributed by atoms with Crippen LogP contribution in [0.5, 0.6) is 0 Å². The number of carbonyl (C=O) groups is 2. The van der Waals surface area contributed by atoms with Crippen LogP contribution in [0.2, 0.25) is 0 Å². The largest absolute Gasteiger partial charge is 0.481 e. The van der Waals surface area contributed by atoms with Gasteiger partial charge < -0.3 is 15.3 Å². The third kappa shape index (κ3) is 3.82. The van der Waals surface area contributed by atoms with Gasteiger partial charge in [-0.15, -0.1) is 0 Å². The van der Waals surface area contributed by atoms with E-state index in [4.69, 9.17) is 0 Å². The number of carbonyl (C=O) groups excluding carboxylic acids is 1. The number of hydrogen-bond donors (Lipinski definition) is 2. The molecular formula is C15H24N2O3. The van der Waals surface area contributed by atoms with Gasteiger partial charge in [0.15, 0.2) is 0 Å². The summed E-state index contributed by atoms with van der Waals surface area (Å²) in [7, 11) is 0. The van der Waals surface area contributed by atoms with Crippen LogP contribution in [-0.4, -0.2) is 47.6 Å². The van der Waals surface area contributed by atoms with Crippen LogP contribution in [0, 0.1) is 11.8 Å². The highest BCUT2D eigenvalue weighted by Gasteiger charge is 2.34. The Bertz CT molecular complexity index is 389. The number of nitrogens with zero attached hydrogens (tertiary/aromatic N) is 1. The fourth-order valence-corrected chi connectivity index (χ4v) is 3.12. The topological polar surface area (TPSA) is 69.6 Å². The predicted octanol–water partition coefficient (Wildman–Crippen LogP) is 1.25. The van der Waals surface area contributed by atoms with Crippen LogP contribution >= 0.6 is 0 Å². The van der Waals surface area contributed by atoms with Gasteiger partial charge in [0.1, 0.15) is 0 Å². The molecule has 1 fully saturated rings. The molecule has 0 aromatic rings.